The molecule has 2 saturated heterocycles. The van der Waals surface area contributed by atoms with Gasteiger partial charge in [0.2, 0.25) is 0 Å². The van der Waals surface area contributed by atoms with E-state index in [0.717, 1.165) is 57.5 Å². The number of likely N-dealkylation sites (tertiary alicyclic amines) is 2. The van der Waals surface area contributed by atoms with Gasteiger partial charge < -0.3 is 14.5 Å². The predicted octanol–water partition coefficient (Wildman–Crippen LogP) is 4.67. The zero-order chi connectivity index (χ0) is 29.4. The van der Waals surface area contributed by atoms with Crippen LogP contribution in [0.1, 0.15) is 71.4 Å². The molecule has 8 nitrogen and oxygen atoms in total. The minimum absolute atomic E-state index is 0.0439. The summed E-state index contributed by atoms with van der Waals surface area (Å²) in [4.78, 5) is 43.9. The number of carbonyl (C=O) groups is 3. The highest BCUT2D eigenvalue weighted by Crippen LogP contribution is 2.43. The van der Waals surface area contributed by atoms with Crippen LogP contribution in [0.25, 0.3) is 0 Å². The first kappa shape index (κ1) is 28.9. The van der Waals surface area contributed by atoms with Crippen molar-refractivity contribution < 1.29 is 37.1 Å². The number of ether oxygens (including phenoxy) is 1. The maximum Gasteiger partial charge on any atom is 0.493 e. The van der Waals surface area contributed by atoms with Gasteiger partial charge in [0.15, 0.2) is 0 Å². The lowest BCUT2D eigenvalue weighted by atomic mass is 9.71. The first-order valence-electron chi connectivity index (χ1n) is 13.8. The number of hydrogen-bond acceptors (Lipinski definition) is 6. The van der Waals surface area contributed by atoms with Gasteiger partial charge in [0.05, 0.1) is 0 Å². The third-order valence-corrected chi connectivity index (χ3v) is 8.50. The second-order valence-corrected chi connectivity index (χ2v) is 11.9. The van der Waals surface area contributed by atoms with E-state index in [1.165, 1.54) is 40.9 Å². The van der Waals surface area contributed by atoms with Gasteiger partial charge in [-0.1, -0.05) is 12.1 Å². The third kappa shape index (κ3) is 6.50. The fourth-order valence-electron chi connectivity index (χ4n) is 6.08. The van der Waals surface area contributed by atoms with Crippen LogP contribution in [0.3, 0.4) is 0 Å². The largest absolute Gasteiger partial charge is 0.493 e. The molecule has 0 aromatic heterocycles. The van der Waals surface area contributed by atoms with Crippen LogP contribution in [0.15, 0.2) is 42.5 Å². The Bertz CT molecular complexity index is 1310. The molecule has 1 spiro atoms. The van der Waals surface area contributed by atoms with E-state index in [2.05, 4.69) is 41.8 Å². The van der Waals surface area contributed by atoms with E-state index in [1.807, 2.05) is 4.90 Å². The highest BCUT2D eigenvalue weighted by molar-refractivity contribution is 5.98. The number of nitrogens with one attached hydrogen (secondary N) is 1. The lowest BCUT2D eigenvalue weighted by Crippen LogP contribution is -2.48. The van der Waals surface area contributed by atoms with Gasteiger partial charge in [-0.3, -0.25) is 14.5 Å². The summed E-state index contributed by atoms with van der Waals surface area (Å²) in [6.07, 6.45) is -0.249. The molecule has 0 bridgehead atoms. The molecular formula is C30H34F3N3O5. The summed E-state index contributed by atoms with van der Waals surface area (Å²) >= 11 is 0. The average molecular weight is 574 g/mol. The summed E-state index contributed by atoms with van der Waals surface area (Å²) in [5, 5.41) is 0. The number of hydroxylamine groups is 1. The highest BCUT2D eigenvalue weighted by Gasteiger charge is 2.42. The fourth-order valence-corrected chi connectivity index (χ4v) is 6.08. The number of amides is 2. The molecule has 0 unspecified atom stereocenters. The molecule has 0 atom stereocenters. The van der Waals surface area contributed by atoms with Gasteiger partial charge in [-0.25, -0.2) is 4.79 Å². The van der Waals surface area contributed by atoms with Crippen molar-refractivity contribution in [2.45, 2.75) is 64.3 Å². The molecule has 3 heterocycles. The monoisotopic (exact) mass is 573 g/mol. The minimum Gasteiger partial charge on any atom is -0.487 e. The predicted molar refractivity (Wildman–Crippen MR) is 143 cm³/mol. The lowest BCUT2D eigenvalue weighted by Gasteiger charge is -2.47. The Kier molecular flexibility index (Phi) is 7.76. The molecule has 0 radical (unpaired) electrons. The summed E-state index contributed by atoms with van der Waals surface area (Å²) in [6.45, 7) is 8.49. The van der Waals surface area contributed by atoms with E-state index < -0.39 is 18.1 Å². The van der Waals surface area contributed by atoms with Gasteiger partial charge in [-0.05, 0) is 93.9 Å². The molecule has 220 valence electrons. The zero-order valence-corrected chi connectivity index (χ0v) is 23.2. The molecule has 0 aliphatic carbocycles. The molecule has 2 aromatic carbocycles. The highest BCUT2D eigenvalue weighted by atomic mass is 19.4. The SMILES string of the molecule is CC1(C)Cc2c(CN3CCC4(CC3)CCN(C(=O)c3ccc(C(=O)NOC(=O)C(F)(F)F)cc3)CC4)cccc2O1. The van der Waals surface area contributed by atoms with Crippen LogP contribution in [-0.4, -0.2) is 65.5 Å². The molecule has 1 N–H and O–H groups in total. The van der Waals surface area contributed by atoms with Crippen molar-refractivity contribution in [2.24, 2.45) is 5.41 Å². The molecule has 3 aliphatic rings. The number of fused-ring (bicyclic) bond motifs is 1. The summed E-state index contributed by atoms with van der Waals surface area (Å²) < 4.78 is 42.8. The van der Waals surface area contributed by atoms with E-state index in [4.69, 9.17) is 4.74 Å². The molecule has 11 heteroatoms. The summed E-state index contributed by atoms with van der Waals surface area (Å²) in [6, 6.07) is 11.8. The van der Waals surface area contributed by atoms with Gasteiger partial charge >= 0.3 is 12.1 Å². The Morgan fingerprint density at radius 3 is 2.17 bits per heavy atom. The standard InChI is InChI=1S/C30H34F3N3O5/c1-28(2)18-23-22(4-3-5-24(23)40-28)19-35-14-10-29(11-15-35)12-16-36(17-13-29)26(38)21-8-6-20(7-9-21)25(37)34-41-27(39)30(31,32)33/h3-9H,10-19H2,1-2H3,(H,34,37). The van der Waals surface area contributed by atoms with Crippen molar-refractivity contribution in [3.05, 3.63) is 64.7 Å². The normalized spacial score (nSPS) is 19.8. The molecule has 5 rings (SSSR count). The number of nitrogens with zero attached hydrogens (tertiary/aromatic N) is 2. The van der Waals surface area contributed by atoms with Crippen LogP contribution in [0.5, 0.6) is 5.75 Å². The first-order valence-corrected chi connectivity index (χ1v) is 13.8. The number of alkyl halides is 3. The maximum absolute atomic E-state index is 13.1. The molecule has 2 amide bonds. The molecule has 2 aromatic rings. The van der Waals surface area contributed by atoms with E-state index in [9.17, 15) is 27.6 Å². The van der Waals surface area contributed by atoms with E-state index >= 15 is 0 Å². The second-order valence-electron chi connectivity index (χ2n) is 11.9. The Hall–Kier alpha value is -3.60. The minimum atomic E-state index is -5.22. The first-order chi connectivity index (χ1) is 19.3. The molecular weight excluding hydrogens is 539 g/mol. The summed E-state index contributed by atoms with van der Waals surface area (Å²) in [7, 11) is 0. The second kappa shape index (κ2) is 11.0. The number of halogens is 3. The number of carbonyl (C=O) groups excluding carboxylic acids is 3. The topological polar surface area (TPSA) is 88.2 Å². The fraction of sp³-hybridized carbons (Fsp3) is 0.500. The van der Waals surface area contributed by atoms with Gasteiger partial charge in [0, 0.05) is 42.7 Å². The maximum atomic E-state index is 13.1. The van der Waals surface area contributed by atoms with Crippen LogP contribution in [0.4, 0.5) is 13.2 Å². The third-order valence-electron chi connectivity index (χ3n) is 8.50. The van der Waals surface area contributed by atoms with Crippen LogP contribution in [0, 0.1) is 5.41 Å². The average Bonchev–Trinajstić information content (AvgIpc) is 3.27. The van der Waals surface area contributed by atoms with Crippen molar-refractivity contribution in [3.63, 3.8) is 0 Å². The van der Waals surface area contributed by atoms with Gasteiger partial charge in [0.25, 0.3) is 11.8 Å². The number of hydrogen-bond donors (Lipinski definition) is 1. The zero-order valence-electron chi connectivity index (χ0n) is 23.2. The Morgan fingerprint density at radius 2 is 1.54 bits per heavy atom. The van der Waals surface area contributed by atoms with E-state index in [0.29, 0.717) is 18.7 Å². The molecule has 41 heavy (non-hydrogen) atoms. The quantitative estimate of drug-likeness (QED) is 0.535. The van der Waals surface area contributed by atoms with Crippen molar-refractivity contribution in [1.29, 1.82) is 0 Å². The van der Waals surface area contributed by atoms with Crippen molar-refractivity contribution >= 4 is 17.8 Å². The van der Waals surface area contributed by atoms with Crippen LogP contribution in [-0.2, 0) is 22.6 Å². The van der Waals surface area contributed by atoms with Gasteiger partial charge in [-0.15, -0.1) is 0 Å². The van der Waals surface area contributed by atoms with E-state index in [1.54, 1.807) is 0 Å². The Morgan fingerprint density at radius 1 is 0.927 bits per heavy atom. The lowest BCUT2D eigenvalue weighted by molar-refractivity contribution is -0.204. The van der Waals surface area contributed by atoms with Crippen molar-refractivity contribution in [1.82, 2.24) is 15.3 Å². The van der Waals surface area contributed by atoms with Crippen molar-refractivity contribution in [3.8, 4) is 5.75 Å². The van der Waals surface area contributed by atoms with Gasteiger partial charge in [-0.2, -0.15) is 18.7 Å². The smallest absolute Gasteiger partial charge is 0.487 e. The van der Waals surface area contributed by atoms with Crippen LogP contribution < -0.4 is 10.2 Å². The number of rotatable bonds is 4. The van der Waals surface area contributed by atoms with Crippen LogP contribution in [0.2, 0.25) is 0 Å². The summed E-state index contributed by atoms with van der Waals surface area (Å²) in [5.74, 6) is -2.70. The Labute approximate surface area is 236 Å². The van der Waals surface area contributed by atoms with Crippen molar-refractivity contribution in [2.75, 3.05) is 26.2 Å². The van der Waals surface area contributed by atoms with E-state index in [-0.39, 0.29) is 22.5 Å². The number of benzene rings is 2. The Balaban J connectivity index is 1.09. The molecule has 0 saturated carbocycles. The van der Waals surface area contributed by atoms with Gasteiger partial charge in [0.1, 0.15) is 11.4 Å². The molecule has 3 aliphatic heterocycles. The van der Waals surface area contributed by atoms with Crippen LogP contribution >= 0.6 is 0 Å². The molecule has 2 fully saturated rings. The summed E-state index contributed by atoms with van der Waals surface area (Å²) in [5.41, 5.74) is 4.53. The number of piperidine rings is 2.